The number of methoxy groups -OCH3 is 1. The highest BCUT2D eigenvalue weighted by molar-refractivity contribution is 5.97. The van der Waals surface area contributed by atoms with Gasteiger partial charge in [-0.15, -0.1) is 0 Å². The number of ether oxygens (including phenoxy) is 1. The molecule has 1 N–H and O–H groups in total. The second-order valence-electron chi connectivity index (χ2n) is 5.68. The van der Waals surface area contributed by atoms with Crippen LogP contribution in [-0.4, -0.2) is 30.9 Å². The summed E-state index contributed by atoms with van der Waals surface area (Å²) in [6.45, 7) is 3.77. The molecule has 0 aromatic heterocycles. The average Bonchev–Trinajstić information content (AvgIpc) is 2.56. The minimum Gasteiger partial charge on any atom is -0.496 e. The number of nitrogens with one attached hydrogen (secondary N) is 1. The number of hydrogen-bond acceptors (Lipinski definition) is 3. The van der Waals surface area contributed by atoms with Crippen molar-refractivity contribution in [2.75, 3.05) is 19.5 Å². The van der Waals surface area contributed by atoms with Gasteiger partial charge in [0.05, 0.1) is 7.11 Å². The van der Waals surface area contributed by atoms with Gasteiger partial charge < -0.3 is 15.0 Å². The van der Waals surface area contributed by atoms with Crippen molar-refractivity contribution in [3.63, 3.8) is 0 Å². The van der Waals surface area contributed by atoms with Gasteiger partial charge in [-0.25, -0.2) is 0 Å². The van der Waals surface area contributed by atoms with Gasteiger partial charge in [-0.05, 0) is 30.7 Å². The Morgan fingerprint density at radius 2 is 1.88 bits per heavy atom. The highest BCUT2D eigenvalue weighted by Gasteiger charge is 2.15. The fourth-order valence-corrected chi connectivity index (χ4v) is 2.46. The Kier molecular flexibility index (Phi) is 5.58. The largest absolute Gasteiger partial charge is 0.496 e. The molecule has 2 amide bonds. The molecule has 0 unspecified atom stereocenters. The van der Waals surface area contributed by atoms with Crippen molar-refractivity contribution < 1.29 is 14.3 Å². The Morgan fingerprint density at radius 3 is 2.54 bits per heavy atom. The van der Waals surface area contributed by atoms with Gasteiger partial charge >= 0.3 is 0 Å². The van der Waals surface area contributed by atoms with Crippen LogP contribution in [0, 0.1) is 6.92 Å². The first-order chi connectivity index (χ1) is 11.4. The maximum Gasteiger partial charge on any atom is 0.253 e. The van der Waals surface area contributed by atoms with Crippen LogP contribution in [0.5, 0.6) is 5.75 Å². The number of benzene rings is 2. The van der Waals surface area contributed by atoms with E-state index in [0.29, 0.717) is 17.8 Å². The minimum absolute atomic E-state index is 0.118. The molecule has 126 valence electrons. The van der Waals surface area contributed by atoms with Crippen LogP contribution in [-0.2, 0) is 11.3 Å². The van der Waals surface area contributed by atoms with Crippen molar-refractivity contribution in [3.8, 4) is 5.75 Å². The van der Waals surface area contributed by atoms with Gasteiger partial charge in [0.15, 0.2) is 0 Å². The van der Waals surface area contributed by atoms with Crippen LogP contribution in [0.1, 0.15) is 28.4 Å². The molecule has 0 fully saturated rings. The molecule has 2 aromatic carbocycles. The SMILES string of the molecule is COc1ccccc1CN(C)C(=O)c1ccc(C)c(NC(C)=O)c1. The molecule has 0 radical (unpaired) electrons. The number of rotatable bonds is 5. The van der Waals surface area contributed by atoms with Crippen molar-refractivity contribution in [1.82, 2.24) is 4.90 Å². The van der Waals surface area contributed by atoms with Gasteiger partial charge in [-0.2, -0.15) is 0 Å². The summed E-state index contributed by atoms with van der Waals surface area (Å²) in [5.74, 6) is 0.470. The second-order valence-corrected chi connectivity index (χ2v) is 5.68. The van der Waals surface area contributed by atoms with Crippen molar-refractivity contribution in [2.24, 2.45) is 0 Å². The van der Waals surface area contributed by atoms with E-state index in [1.807, 2.05) is 37.3 Å². The lowest BCUT2D eigenvalue weighted by Gasteiger charge is -2.19. The molecule has 0 aliphatic rings. The maximum absolute atomic E-state index is 12.7. The second kappa shape index (κ2) is 7.64. The maximum atomic E-state index is 12.7. The molecule has 0 atom stereocenters. The van der Waals surface area contributed by atoms with E-state index in [-0.39, 0.29) is 11.8 Å². The number of carbonyl (C=O) groups is 2. The Morgan fingerprint density at radius 1 is 1.17 bits per heavy atom. The molecule has 0 saturated heterocycles. The number of hydrogen-bond donors (Lipinski definition) is 1. The van der Waals surface area contributed by atoms with Gasteiger partial charge in [-0.3, -0.25) is 9.59 Å². The molecule has 5 nitrogen and oxygen atoms in total. The normalized spacial score (nSPS) is 10.2. The van der Waals surface area contributed by atoms with E-state index in [0.717, 1.165) is 16.9 Å². The summed E-state index contributed by atoms with van der Waals surface area (Å²) in [5.41, 5.74) is 3.03. The molecule has 2 rings (SSSR count). The zero-order valence-corrected chi connectivity index (χ0v) is 14.4. The van der Waals surface area contributed by atoms with E-state index in [4.69, 9.17) is 4.74 Å². The number of nitrogens with zero attached hydrogens (tertiary/aromatic N) is 1. The molecular weight excluding hydrogens is 304 g/mol. The molecule has 0 saturated carbocycles. The first-order valence-electron chi connectivity index (χ1n) is 7.68. The number of amides is 2. The van der Waals surface area contributed by atoms with Crippen LogP contribution in [0.4, 0.5) is 5.69 Å². The summed E-state index contributed by atoms with van der Waals surface area (Å²) in [5, 5.41) is 2.75. The fraction of sp³-hybridized carbons (Fsp3) is 0.263. The Labute approximate surface area is 142 Å². The molecule has 2 aromatic rings. The average molecular weight is 326 g/mol. The van der Waals surface area contributed by atoms with E-state index in [2.05, 4.69) is 5.32 Å². The van der Waals surface area contributed by atoms with E-state index in [1.165, 1.54) is 6.92 Å². The van der Waals surface area contributed by atoms with Crippen LogP contribution >= 0.6 is 0 Å². The third kappa shape index (κ3) is 4.13. The highest BCUT2D eigenvalue weighted by atomic mass is 16.5. The molecule has 24 heavy (non-hydrogen) atoms. The summed E-state index contributed by atoms with van der Waals surface area (Å²) < 4.78 is 5.32. The molecule has 5 heteroatoms. The topological polar surface area (TPSA) is 58.6 Å². The third-order valence-corrected chi connectivity index (χ3v) is 3.74. The van der Waals surface area contributed by atoms with E-state index in [1.54, 1.807) is 31.2 Å². The van der Waals surface area contributed by atoms with Gasteiger partial charge in [0.2, 0.25) is 5.91 Å². The smallest absolute Gasteiger partial charge is 0.253 e. The summed E-state index contributed by atoms with van der Waals surface area (Å²) in [7, 11) is 3.35. The summed E-state index contributed by atoms with van der Waals surface area (Å²) in [6, 6.07) is 12.9. The fourth-order valence-electron chi connectivity index (χ4n) is 2.46. The predicted molar refractivity (Wildman–Crippen MR) is 94.3 cm³/mol. The first-order valence-corrected chi connectivity index (χ1v) is 7.68. The number of carbonyl (C=O) groups excluding carboxylic acids is 2. The lowest BCUT2D eigenvalue weighted by atomic mass is 10.1. The summed E-state index contributed by atoms with van der Waals surface area (Å²) in [6.07, 6.45) is 0. The Balaban J connectivity index is 2.20. The van der Waals surface area contributed by atoms with Crippen LogP contribution < -0.4 is 10.1 Å². The van der Waals surface area contributed by atoms with E-state index < -0.39 is 0 Å². The van der Waals surface area contributed by atoms with Crippen LogP contribution in [0.2, 0.25) is 0 Å². The standard InChI is InChI=1S/C19H22N2O3/c1-13-9-10-15(11-17(13)20-14(2)22)19(23)21(3)12-16-7-5-6-8-18(16)24-4/h5-11H,12H2,1-4H3,(H,20,22). The van der Waals surface area contributed by atoms with Gasteiger partial charge in [-0.1, -0.05) is 24.3 Å². The van der Waals surface area contributed by atoms with Crippen molar-refractivity contribution in [3.05, 3.63) is 59.2 Å². The van der Waals surface area contributed by atoms with Crippen molar-refractivity contribution in [1.29, 1.82) is 0 Å². The monoisotopic (exact) mass is 326 g/mol. The lowest BCUT2D eigenvalue weighted by Crippen LogP contribution is -2.26. The van der Waals surface area contributed by atoms with Crippen molar-refractivity contribution >= 4 is 17.5 Å². The third-order valence-electron chi connectivity index (χ3n) is 3.74. The molecular formula is C19H22N2O3. The van der Waals surface area contributed by atoms with Crippen LogP contribution in [0.15, 0.2) is 42.5 Å². The lowest BCUT2D eigenvalue weighted by molar-refractivity contribution is -0.114. The first kappa shape index (κ1) is 17.5. The summed E-state index contributed by atoms with van der Waals surface area (Å²) >= 11 is 0. The van der Waals surface area contributed by atoms with Crippen molar-refractivity contribution in [2.45, 2.75) is 20.4 Å². The zero-order chi connectivity index (χ0) is 17.7. The molecule has 0 aliphatic heterocycles. The van der Waals surface area contributed by atoms with Gasteiger partial charge in [0.25, 0.3) is 5.91 Å². The number of anilines is 1. The zero-order valence-electron chi connectivity index (χ0n) is 14.4. The minimum atomic E-state index is -0.162. The predicted octanol–water partition coefficient (Wildman–Crippen LogP) is 3.23. The Bertz CT molecular complexity index is 756. The highest BCUT2D eigenvalue weighted by Crippen LogP contribution is 2.21. The quantitative estimate of drug-likeness (QED) is 0.917. The molecule has 0 spiro atoms. The molecule has 0 aliphatic carbocycles. The number of aryl methyl sites for hydroxylation is 1. The Hall–Kier alpha value is -2.82. The number of para-hydroxylation sites is 1. The van der Waals surface area contributed by atoms with Gasteiger partial charge in [0, 0.05) is 37.3 Å². The van der Waals surface area contributed by atoms with Crippen LogP contribution in [0.3, 0.4) is 0 Å². The molecule has 0 heterocycles. The van der Waals surface area contributed by atoms with Gasteiger partial charge in [0.1, 0.15) is 5.75 Å². The van der Waals surface area contributed by atoms with E-state index >= 15 is 0 Å². The van der Waals surface area contributed by atoms with E-state index in [9.17, 15) is 9.59 Å². The summed E-state index contributed by atoms with van der Waals surface area (Å²) in [4.78, 5) is 25.6. The molecule has 0 bridgehead atoms. The van der Waals surface area contributed by atoms with Crippen LogP contribution in [0.25, 0.3) is 0 Å².